The van der Waals surface area contributed by atoms with E-state index in [-0.39, 0.29) is 0 Å². The van der Waals surface area contributed by atoms with Gasteiger partial charge in [-0.15, -0.1) is 0 Å². The Kier molecular flexibility index (Phi) is 5.39. The lowest BCUT2D eigenvalue weighted by Crippen LogP contribution is -2.09. The molecule has 0 aliphatic rings. The first-order valence-corrected chi connectivity index (χ1v) is 6.43. The first-order valence-electron chi connectivity index (χ1n) is 6.05. The molecule has 0 bridgehead atoms. The molecule has 0 saturated carbocycles. The van der Waals surface area contributed by atoms with E-state index in [4.69, 9.17) is 25.8 Å². The molecule has 2 aromatic rings. The lowest BCUT2D eigenvalue weighted by atomic mass is 10.2. The number of ether oxygens (including phenoxy) is 3. The number of methoxy groups -OCH3 is 1. The summed E-state index contributed by atoms with van der Waals surface area (Å²) in [5.74, 6) is 0.762. The SMILES string of the molecule is COCCOCCOc1ccc2c(Cl)ccnc2c1. The van der Waals surface area contributed by atoms with Crippen LogP contribution in [-0.2, 0) is 9.47 Å². The fourth-order valence-corrected chi connectivity index (χ4v) is 1.86. The maximum atomic E-state index is 6.07. The van der Waals surface area contributed by atoms with Gasteiger partial charge in [-0.2, -0.15) is 0 Å². The maximum absolute atomic E-state index is 6.07. The van der Waals surface area contributed by atoms with E-state index in [2.05, 4.69) is 4.98 Å². The second kappa shape index (κ2) is 7.28. The van der Waals surface area contributed by atoms with Gasteiger partial charge < -0.3 is 14.2 Å². The molecule has 1 aromatic heterocycles. The summed E-state index contributed by atoms with van der Waals surface area (Å²) in [5.41, 5.74) is 0.824. The van der Waals surface area contributed by atoms with Crippen LogP contribution in [0.5, 0.6) is 5.75 Å². The first kappa shape index (κ1) is 14.1. The normalized spacial score (nSPS) is 10.8. The highest BCUT2D eigenvalue weighted by Crippen LogP contribution is 2.24. The molecule has 0 aliphatic heterocycles. The molecule has 0 unspecified atom stereocenters. The number of pyridine rings is 1. The van der Waals surface area contributed by atoms with Crippen LogP contribution < -0.4 is 4.74 Å². The van der Waals surface area contributed by atoms with Gasteiger partial charge in [0.05, 0.1) is 30.4 Å². The van der Waals surface area contributed by atoms with E-state index in [0.29, 0.717) is 31.5 Å². The molecular weight excluding hydrogens is 266 g/mol. The van der Waals surface area contributed by atoms with E-state index >= 15 is 0 Å². The zero-order chi connectivity index (χ0) is 13.5. The van der Waals surface area contributed by atoms with Crippen molar-refractivity contribution < 1.29 is 14.2 Å². The summed E-state index contributed by atoms with van der Waals surface area (Å²) in [5, 5.41) is 1.62. The molecule has 1 heterocycles. The number of hydrogen-bond donors (Lipinski definition) is 0. The third kappa shape index (κ3) is 4.06. The molecule has 1 aromatic carbocycles. The van der Waals surface area contributed by atoms with Crippen LogP contribution in [-0.4, -0.2) is 38.5 Å². The monoisotopic (exact) mass is 281 g/mol. The lowest BCUT2D eigenvalue weighted by molar-refractivity contribution is 0.0544. The molecule has 0 aliphatic carbocycles. The highest BCUT2D eigenvalue weighted by Gasteiger charge is 2.01. The predicted molar refractivity (Wildman–Crippen MR) is 74.9 cm³/mol. The highest BCUT2D eigenvalue weighted by molar-refractivity contribution is 6.35. The van der Waals surface area contributed by atoms with Gasteiger partial charge in [-0.05, 0) is 18.2 Å². The molecule has 102 valence electrons. The maximum Gasteiger partial charge on any atom is 0.121 e. The largest absolute Gasteiger partial charge is 0.491 e. The average molecular weight is 282 g/mol. The summed E-state index contributed by atoms with van der Waals surface area (Å²) in [6, 6.07) is 7.43. The highest BCUT2D eigenvalue weighted by atomic mass is 35.5. The van der Waals surface area contributed by atoms with Crippen molar-refractivity contribution in [2.24, 2.45) is 0 Å². The fourth-order valence-electron chi connectivity index (χ4n) is 1.65. The quantitative estimate of drug-likeness (QED) is 0.732. The van der Waals surface area contributed by atoms with Crippen LogP contribution in [0.15, 0.2) is 30.5 Å². The second-order valence-corrected chi connectivity index (χ2v) is 4.33. The number of aromatic nitrogens is 1. The molecule has 19 heavy (non-hydrogen) atoms. The molecule has 0 atom stereocenters. The van der Waals surface area contributed by atoms with Crippen LogP contribution in [0.4, 0.5) is 0 Å². The summed E-state index contributed by atoms with van der Waals surface area (Å²) < 4.78 is 15.8. The zero-order valence-corrected chi connectivity index (χ0v) is 11.5. The van der Waals surface area contributed by atoms with Crippen LogP contribution in [0.1, 0.15) is 0 Å². The molecule has 0 amide bonds. The minimum atomic E-state index is 0.496. The summed E-state index contributed by atoms with van der Waals surface area (Å²) in [6.07, 6.45) is 1.68. The van der Waals surface area contributed by atoms with Crippen molar-refractivity contribution in [3.63, 3.8) is 0 Å². The molecule has 4 nitrogen and oxygen atoms in total. The van der Waals surface area contributed by atoms with Crippen LogP contribution in [0.3, 0.4) is 0 Å². The molecule has 0 saturated heterocycles. The molecule has 0 fully saturated rings. The predicted octanol–water partition coefficient (Wildman–Crippen LogP) is 2.93. The Morgan fingerprint density at radius 3 is 2.79 bits per heavy atom. The summed E-state index contributed by atoms with van der Waals surface area (Å²) >= 11 is 6.07. The van der Waals surface area contributed by atoms with E-state index in [1.165, 1.54) is 0 Å². The molecule has 5 heteroatoms. The summed E-state index contributed by atoms with van der Waals surface area (Å²) in [6.45, 7) is 2.20. The van der Waals surface area contributed by atoms with Gasteiger partial charge in [0.25, 0.3) is 0 Å². The Hall–Kier alpha value is -1.36. The lowest BCUT2D eigenvalue weighted by Gasteiger charge is -2.08. The van der Waals surface area contributed by atoms with Crippen molar-refractivity contribution in [2.75, 3.05) is 33.5 Å². The van der Waals surface area contributed by atoms with Gasteiger partial charge in [0.1, 0.15) is 12.4 Å². The average Bonchev–Trinajstić information content (AvgIpc) is 2.43. The Labute approximate surface area is 117 Å². The number of benzene rings is 1. The Bertz CT molecular complexity index is 533. The van der Waals surface area contributed by atoms with Crippen LogP contribution >= 0.6 is 11.6 Å². The zero-order valence-electron chi connectivity index (χ0n) is 10.8. The molecule has 0 N–H and O–H groups in total. The van der Waals surface area contributed by atoms with E-state index in [0.717, 1.165) is 16.7 Å². The standard InChI is InChI=1S/C14H16ClNO3/c1-17-6-7-18-8-9-19-11-2-3-12-13(15)4-5-16-14(12)10-11/h2-5,10H,6-9H2,1H3. The van der Waals surface area contributed by atoms with Crippen molar-refractivity contribution in [3.8, 4) is 5.75 Å². The Morgan fingerprint density at radius 1 is 1.11 bits per heavy atom. The van der Waals surface area contributed by atoms with Crippen LogP contribution in [0.25, 0.3) is 10.9 Å². The van der Waals surface area contributed by atoms with Crippen molar-refractivity contribution in [1.29, 1.82) is 0 Å². The van der Waals surface area contributed by atoms with E-state index in [9.17, 15) is 0 Å². The number of nitrogens with zero attached hydrogens (tertiary/aromatic N) is 1. The molecule has 0 spiro atoms. The van der Waals surface area contributed by atoms with Crippen LogP contribution in [0, 0.1) is 0 Å². The molecule has 0 radical (unpaired) electrons. The third-order valence-corrected chi connectivity index (χ3v) is 2.92. The van der Waals surface area contributed by atoms with Gasteiger partial charge in [-0.25, -0.2) is 0 Å². The number of fused-ring (bicyclic) bond motifs is 1. The van der Waals surface area contributed by atoms with E-state index in [1.54, 1.807) is 19.4 Å². The second-order valence-electron chi connectivity index (χ2n) is 3.93. The van der Waals surface area contributed by atoms with Crippen molar-refractivity contribution in [2.45, 2.75) is 0 Å². The van der Waals surface area contributed by atoms with Crippen molar-refractivity contribution >= 4 is 22.5 Å². The molecule has 2 rings (SSSR count). The van der Waals surface area contributed by atoms with Crippen LogP contribution in [0.2, 0.25) is 5.02 Å². The number of rotatable bonds is 7. The minimum Gasteiger partial charge on any atom is -0.491 e. The number of halogens is 1. The summed E-state index contributed by atoms with van der Waals surface area (Å²) in [7, 11) is 1.65. The van der Waals surface area contributed by atoms with Gasteiger partial charge >= 0.3 is 0 Å². The smallest absolute Gasteiger partial charge is 0.121 e. The summed E-state index contributed by atoms with van der Waals surface area (Å²) in [4.78, 5) is 4.26. The number of hydrogen-bond acceptors (Lipinski definition) is 4. The van der Waals surface area contributed by atoms with Gasteiger partial charge in [0, 0.05) is 24.8 Å². The Morgan fingerprint density at radius 2 is 1.95 bits per heavy atom. The Balaban J connectivity index is 1.88. The van der Waals surface area contributed by atoms with Gasteiger partial charge in [-0.3, -0.25) is 4.98 Å². The van der Waals surface area contributed by atoms with Gasteiger partial charge in [0.2, 0.25) is 0 Å². The van der Waals surface area contributed by atoms with Crippen molar-refractivity contribution in [1.82, 2.24) is 4.98 Å². The van der Waals surface area contributed by atoms with E-state index < -0.39 is 0 Å². The van der Waals surface area contributed by atoms with Crippen molar-refractivity contribution in [3.05, 3.63) is 35.5 Å². The topological polar surface area (TPSA) is 40.6 Å². The first-order chi connectivity index (χ1) is 9.31. The van der Waals surface area contributed by atoms with Gasteiger partial charge in [0.15, 0.2) is 0 Å². The minimum absolute atomic E-state index is 0.496. The third-order valence-electron chi connectivity index (χ3n) is 2.59. The fraction of sp³-hybridized carbons (Fsp3) is 0.357. The van der Waals surface area contributed by atoms with Gasteiger partial charge in [-0.1, -0.05) is 11.6 Å². The van der Waals surface area contributed by atoms with E-state index in [1.807, 2.05) is 18.2 Å². The molecular formula is C14H16ClNO3.